The van der Waals surface area contributed by atoms with Gasteiger partial charge in [-0.05, 0) is 44.7 Å². The average Bonchev–Trinajstić information content (AvgIpc) is 3.20. The van der Waals surface area contributed by atoms with Crippen LogP contribution < -0.4 is 0 Å². The summed E-state index contributed by atoms with van der Waals surface area (Å²) in [5, 5.41) is 0. The molecule has 1 saturated carbocycles. The number of morpholine rings is 1. The third-order valence-electron chi connectivity index (χ3n) is 5.58. The summed E-state index contributed by atoms with van der Waals surface area (Å²) in [7, 11) is 1.51. The van der Waals surface area contributed by atoms with Gasteiger partial charge in [0.15, 0.2) is 0 Å². The first kappa shape index (κ1) is 15.3. The van der Waals surface area contributed by atoms with Crippen LogP contribution >= 0.6 is 0 Å². The van der Waals surface area contributed by atoms with Gasteiger partial charge in [-0.25, -0.2) is 0 Å². The van der Waals surface area contributed by atoms with Crippen LogP contribution in [0.15, 0.2) is 0 Å². The molecule has 3 fully saturated rings. The van der Waals surface area contributed by atoms with Crippen LogP contribution in [0.25, 0.3) is 0 Å². The van der Waals surface area contributed by atoms with E-state index in [9.17, 15) is 4.79 Å². The molecule has 1 aliphatic carbocycles. The summed E-state index contributed by atoms with van der Waals surface area (Å²) in [6.07, 6.45) is 3.74. The average molecular weight is 296 g/mol. The Balaban J connectivity index is 1.38. The van der Waals surface area contributed by atoms with Crippen molar-refractivity contribution in [2.75, 3.05) is 53.0 Å². The molecule has 3 aliphatic rings. The van der Waals surface area contributed by atoms with Crippen LogP contribution in [0, 0.1) is 11.3 Å². The van der Waals surface area contributed by atoms with Crippen LogP contribution in [0.2, 0.25) is 0 Å². The minimum Gasteiger partial charge on any atom is -0.469 e. The van der Waals surface area contributed by atoms with Gasteiger partial charge in [0, 0.05) is 26.2 Å². The number of carbonyl (C=O) groups excluding carboxylic acids is 1. The fraction of sp³-hybridized carbons (Fsp3) is 0.938. The Kier molecular flexibility index (Phi) is 4.52. The number of esters is 1. The zero-order valence-corrected chi connectivity index (χ0v) is 13.3. The second-order valence-electron chi connectivity index (χ2n) is 6.97. The molecule has 2 heterocycles. The molecular formula is C16H28N2O3. The largest absolute Gasteiger partial charge is 0.469 e. The number of hydrogen-bond acceptors (Lipinski definition) is 5. The molecule has 0 aromatic carbocycles. The Morgan fingerprint density at radius 3 is 2.62 bits per heavy atom. The first-order valence-corrected chi connectivity index (χ1v) is 8.27. The quantitative estimate of drug-likeness (QED) is 0.724. The minimum atomic E-state index is 0.00533. The van der Waals surface area contributed by atoms with Crippen LogP contribution in [0.5, 0.6) is 0 Å². The molecule has 0 unspecified atom stereocenters. The van der Waals surface area contributed by atoms with Crippen LogP contribution in [-0.2, 0) is 14.3 Å². The molecule has 120 valence electrons. The highest BCUT2D eigenvalue weighted by molar-refractivity contribution is 5.76. The first-order valence-electron chi connectivity index (χ1n) is 8.27. The van der Waals surface area contributed by atoms with Crippen LogP contribution in [0.3, 0.4) is 0 Å². The van der Waals surface area contributed by atoms with Gasteiger partial charge in [-0.3, -0.25) is 9.69 Å². The Morgan fingerprint density at radius 1 is 1.24 bits per heavy atom. The molecule has 0 N–H and O–H groups in total. The standard InChI is InChI=1S/C16H28N2O3/c1-13-12-18(9-10-21-13)8-7-17-5-3-16(4-6-17)11-14(16)15(19)20-2/h13-14H,3-12H2,1-2H3/t13-,14+/m0/s1. The monoisotopic (exact) mass is 296 g/mol. The van der Waals surface area contributed by atoms with E-state index >= 15 is 0 Å². The van der Waals surface area contributed by atoms with Crippen molar-refractivity contribution in [1.82, 2.24) is 9.80 Å². The summed E-state index contributed by atoms with van der Waals surface area (Å²) in [4.78, 5) is 16.7. The molecule has 5 nitrogen and oxygen atoms in total. The van der Waals surface area contributed by atoms with Crippen LogP contribution in [0.4, 0.5) is 0 Å². The van der Waals surface area contributed by atoms with Crippen molar-refractivity contribution >= 4 is 5.97 Å². The number of ether oxygens (including phenoxy) is 2. The molecule has 21 heavy (non-hydrogen) atoms. The molecule has 0 aromatic heterocycles. The van der Waals surface area contributed by atoms with E-state index in [4.69, 9.17) is 9.47 Å². The molecule has 2 aliphatic heterocycles. The van der Waals surface area contributed by atoms with Gasteiger partial charge < -0.3 is 14.4 Å². The van der Waals surface area contributed by atoms with Crippen molar-refractivity contribution in [2.45, 2.75) is 32.3 Å². The Bertz CT molecular complexity index is 380. The minimum absolute atomic E-state index is 0.00533. The molecule has 1 spiro atoms. The third-order valence-corrected chi connectivity index (χ3v) is 5.58. The lowest BCUT2D eigenvalue weighted by atomic mass is 9.91. The summed E-state index contributed by atoms with van der Waals surface area (Å²) < 4.78 is 10.5. The third kappa shape index (κ3) is 3.41. The maximum absolute atomic E-state index is 11.6. The van der Waals surface area contributed by atoms with Crippen molar-refractivity contribution in [2.24, 2.45) is 11.3 Å². The van der Waals surface area contributed by atoms with Crippen molar-refractivity contribution in [1.29, 1.82) is 0 Å². The van der Waals surface area contributed by atoms with Gasteiger partial charge in [0.1, 0.15) is 0 Å². The molecule has 2 saturated heterocycles. The van der Waals surface area contributed by atoms with E-state index in [-0.39, 0.29) is 17.3 Å². The van der Waals surface area contributed by atoms with Crippen molar-refractivity contribution < 1.29 is 14.3 Å². The molecule has 0 amide bonds. The summed E-state index contributed by atoms with van der Waals surface area (Å²) in [5.74, 6) is 0.190. The van der Waals surface area contributed by atoms with Gasteiger partial charge in [-0.15, -0.1) is 0 Å². The topological polar surface area (TPSA) is 42.0 Å². The lowest BCUT2D eigenvalue weighted by Crippen LogP contribution is -2.46. The van der Waals surface area contributed by atoms with Gasteiger partial charge in [-0.2, -0.15) is 0 Å². The maximum atomic E-state index is 11.6. The molecule has 0 bridgehead atoms. The highest BCUT2D eigenvalue weighted by atomic mass is 16.5. The number of nitrogens with zero attached hydrogens (tertiary/aromatic N) is 2. The lowest BCUT2D eigenvalue weighted by Gasteiger charge is -2.36. The fourth-order valence-electron chi connectivity index (χ4n) is 3.97. The fourth-order valence-corrected chi connectivity index (χ4v) is 3.97. The van der Waals surface area contributed by atoms with Crippen molar-refractivity contribution in [3.05, 3.63) is 0 Å². The summed E-state index contributed by atoms with van der Waals surface area (Å²) >= 11 is 0. The maximum Gasteiger partial charge on any atom is 0.309 e. The van der Waals surface area contributed by atoms with Gasteiger partial charge in [0.05, 0.1) is 25.7 Å². The highest BCUT2D eigenvalue weighted by Crippen LogP contribution is 2.59. The summed E-state index contributed by atoms with van der Waals surface area (Å²) in [6.45, 7) is 9.68. The van der Waals surface area contributed by atoms with Crippen molar-refractivity contribution in [3.63, 3.8) is 0 Å². The number of likely N-dealkylation sites (tertiary alicyclic amines) is 1. The van der Waals surface area contributed by atoms with E-state index in [0.717, 1.165) is 65.1 Å². The molecule has 3 rings (SSSR count). The number of piperidine rings is 1. The number of methoxy groups -OCH3 is 1. The van der Waals surface area contributed by atoms with Gasteiger partial charge >= 0.3 is 5.97 Å². The summed E-state index contributed by atoms with van der Waals surface area (Å²) in [6, 6.07) is 0. The summed E-state index contributed by atoms with van der Waals surface area (Å²) in [5.41, 5.74) is 0.289. The lowest BCUT2D eigenvalue weighted by molar-refractivity contribution is -0.143. The SMILES string of the molecule is COC(=O)[C@H]1CC12CCN(CCN1CCO[C@@H](C)C1)CC2. The zero-order chi connectivity index (χ0) is 14.9. The van der Waals surface area contributed by atoms with E-state index in [2.05, 4.69) is 16.7 Å². The smallest absolute Gasteiger partial charge is 0.309 e. The van der Waals surface area contributed by atoms with Gasteiger partial charge in [-0.1, -0.05) is 0 Å². The van der Waals surface area contributed by atoms with E-state index in [1.54, 1.807) is 0 Å². The molecule has 0 aromatic rings. The predicted octanol–water partition coefficient (Wildman–Crippen LogP) is 0.982. The molecule has 2 atom stereocenters. The second-order valence-corrected chi connectivity index (χ2v) is 6.97. The Labute approximate surface area is 127 Å². The van der Waals surface area contributed by atoms with E-state index in [1.807, 2.05) is 0 Å². The molecule has 0 radical (unpaired) electrons. The normalized spacial score (nSPS) is 33.0. The molecular weight excluding hydrogens is 268 g/mol. The van der Waals surface area contributed by atoms with E-state index in [0.29, 0.717) is 6.10 Å². The number of carbonyl (C=O) groups is 1. The van der Waals surface area contributed by atoms with E-state index < -0.39 is 0 Å². The van der Waals surface area contributed by atoms with E-state index in [1.165, 1.54) is 7.11 Å². The predicted molar refractivity (Wildman–Crippen MR) is 80.1 cm³/mol. The Morgan fingerprint density at radius 2 is 1.95 bits per heavy atom. The number of rotatable bonds is 4. The van der Waals surface area contributed by atoms with Gasteiger partial charge in [0.2, 0.25) is 0 Å². The zero-order valence-electron chi connectivity index (χ0n) is 13.3. The van der Waals surface area contributed by atoms with Gasteiger partial charge in [0.25, 0.3) is 0 Å². The van der Waals surface area contributed by atoms with Crippen LogP contribution in [0.1, 0.15) is 26.2 Å². The highest BCUT2D eigenvalue weighted by Gasteiger charge is 2.59. The Hall–Kier alpha value is -0.650. The second kappa shape index (κ2) is 6.23. The number of hydrogen-bond donors (Lipinski definition) is 0. The first-order chi connectivity index (χ1) is 10.1. The van der Waals surface area contributed by atoms with Crippen LogP contribution in [-0.4, -0.2) is 74.9 Å². The van der Waals surface area contributed by atoms with Crippen molar-refractivity contribution in [3.8, 4) is 0 Å². The molecule has 5 heteroatoms.